The van der Waals surface area contributed by atoms with Crippen LogP contribution in [-0.4, -0.2) is 53.8 Å². The molecule has 1 spiro atoms. The molecule has 4 heterocycles. The highest BCUT2D eigenvalue weighted by molar-refractivity contribution is 5.94. The van der Waals surface area contributed by atoms with E-state index in [0.717, 1.165) is 43.6 Å². The lowest BCUT2D eigenvalue weighted by molar-refractivity contribution is -0.0962. The van der Waals surface area contributed by atoms with Gasteiger partial charge in [0.15, 0.2) is 0 Å². The number of aromatic nitrogens is 2. The Morgan fingerprint density at radius 1 is 1.29 bits per heavy atom. The Hall–Kier alpha value is -1.67. The smallest absolute Gasteiger partial charge is 0.256 e. The maximum absolute atomic E-state index is 14.5. The van der Waals surface area contributed by atoms with Crippen LogP contribution in [0.1, 0.15) is 46.4 Å². The molecule has 0 saturated carbocycles. The average Bonchev–Trinajstić information content (AvgIpc) is 3.42. The molecule has 2 N–H and O–H groups in total. The van der Waals surface area contributed by atoms with Gasteiger partial charge in [-0.1, -0.05) is 6.07 Å². The Balaban J connectivity index is 0.00000136. The van der Waals surface area contributed by atoms with Crippen molar-refractivity contribution >= 4 is 30.7 Å². The Labute approximate surface area is 194 Å². The first-order valence-electron chi connectivity index (χ1n) is 10.6. The Bertz CT molecular complexity index is 909. The van der Waals surface area contributed by atoms with Crippen LogP contribution in [-0.2, 0) is 23.2 Å². The van der Waals surface area contributed by atoms with Crippen LogP contribution < -0.4 is 5.32 Å². The summed E-state index contributed by atoms with van der Waals surface area (Å²) in [6.07, 6.45) is 6.14. The molecule has 0 bridgehead atoms. The highest BCUT2D eigenvalue weighted by Gasteiger charge is 2.43. The Morgan fingerprint density at radius 2 is 2.10 bits per heavy atom. The molecule has 31 heavy (non-hydrogen) atoms. The molecule has 3 aliphatic rings. The van der Waals surface area contributed by atoms with Crippen molar-refractivity contribution in [3.05, 3.63) is 52.6 Å². The summed E-state index contributed by atoms with van der Waals surface area (Å²) in [7, 11) is 0. The van der Waals surface area contributed by atoms with E-state index in [1.165, 1.54) is 11.6 Å². The van der Waals surface area contributed by atoms with E-state index in [9.17, 15) is 9.18 Å². The van der Waals surface area contributed by atoms with Crippen LogP contribution in [0.5, 0.6) is 0 Å². The van der Waals surface area contributed by atoms with Crippen LogP contribution in [0.25, 0.3) is 0 Å². The Morgan fingerprint density at radius 3 is 2.84 bits per heavy atom. The highest BCUT2D eigenvalue weighted by atomic mass is 35.5. The summed E-state index contributed by atoms with van der Waals surface area (Å²) in [5.41, 5.74) is 3.09. The number of nitrogens with one attached hydrogen (secondary N) is 2. The first-order valence-corrected chi connectivity index (χ1v) is 10.6. The number of likely N-dealkylation sites (tertiary alicyclic amines) is 1. The van der Waals surface area contributed by atoms with E-state index < -0.39 is 11.4 Å². The first-order chi connectivity index (χ1) is 14.1. The molecule has 2 fully saturated rings. The molecule has 170 valence electrons. The third-order valence-corrected chi connectivity index (χ3v) is 6.73. The first kappa shape index (κ1) is 24.0. The Kier molecular flexibility index (Phi) is 7.63. The third kappa shape index (κ3) is 4.60. The van der Waals surface area contributed by atoms with Gasteiger partial charge in [-0.05, 0) is 74.4 Å². The van der Waals surface area contributed by atoms with Gasteiger partial charge in [0.05, 0.1) is 24.1 Å². The number of nitrogens with zero attached hydrogens (tertiary/aromatic N) is 2. The van der Waals surface area contributed by atoms with Gasteiger partial charge >= 0.3 is 0 Å². The monoisotopic (exact) mass is 470 g/mol. The second-order valence-corrected chi connectivity index (χ2v) is 8.53. The van der Waals surface area contributed by atoms with Crippen LogP contribution in [0, 0.1) is 11.7 Å². The van der Waals surface area contributed by atoms with Crippen LogP contribution in [0.3, 0.4) is 0 Å². The minimum absolute atomic E-state index is 0. The molecule has 5 rings (SSSR count). The van der Waals surface area contributed by atoms with Crippen molar-refractivity contribution in [1.29, 1.82) is 0 Å². The molecule has 2 aromatic rings. The number of benzene rings is 1. The van der Waals surface area contributed by atoms with Gasteiger partial charge < -0.3 is 15.0 Å². The van der Waals surface area contributed by atoms with Gasteiger partial charge in [-0.3, -0.25) is 9.89 Å². The lowest BCUT2D eigenvalue weighted by atomic mass is 9.83. The van der Waals surface area contributed by atoms with Crippen molar-refractivity contribution in [2.24, 2.45) is 5.92 Å². The number of ether oxygens (including phenoxy) is 1. The molecule has 0 radical (unpaired) electrons. The van der Waals surface area contributed by atoms with Crippen molar-refractivity contribution in [1.82, 2.24) is 20.4 Å². The number of halogens is 3. The predicted molar refractivity (Wildman–Crippen MR) is 121 cm³/mol. The SMILES string of the molecule is Cl.Cl.O=C(c1cc(CC2CCNC2)ccc1F)N1CCC2(CC1)OCCc1cn[nH]c12. The average molecular weight is 471 g/mol. The van der Waals surface area contributed by atoms with Crippen LogP contribution in [0.4, 0.5) is 4.39 Å². The molecule has 0 aliphatic carbocycles. The quantitative estimate of drug-likeness (QED) is 0.721. The lowest BCUT2D eigenvalue weighted by Gasteiger charge is -2.43. The minimum Gasteiger partial charge on any atom is -0.368 e. The number of fused-ring (bicyclic) bond motifs is 2. The number of hydrogen-bond acceptors (Lipinski definition) is 4. The van der Waals surface area contributed by atoms with Crippen LogP contribution in [0.15, 0.2) is 24.4 Å². The standard InChI is InChI=1S/C22H27FN4O2.2ClH/c23-19-2-1-15(11-16-3-7-24-13-16)12-18(19)21(28)27-8-5-22(6-9-27)20-17(4-10-29-22)14-25-26-20;;/h1-2,12,14,16,24H,3-11,13H2,(H,25,26);2*1H. The number of carbonyl (C=O) groups is 1. The molecule has 1 unspecified atom stereocenters. The summed E-state index contributed by atoms with van der Waals surface area (Å²) in [6, 6.07) is 5.01. The molecule has 6 nitrogen and oxygen atoms in total. The van der Waals surface area contributed by atoms with E-state index in [1.54, 1.807) is 11.0 Å². The zero-order chi connectivity index (χ0) is 19.8. The fourth-order valence-electron chi connectivity index (χ4n) is 5.04. The van der Waals surface area contributed by atoms with Gasteiger partial charge in [0.25, 0.3) is 5.91 Å². The summed E-state index contributed by atoms with van der Waals surface area (Å²) >= 11 is 0. The van der Waals surface area contributed by atoms with Crippen LogP contribution in [0.2, 0.25) is 0 Å². The molecule has 1 aromatic heterocycles. The fraction of sp³-hybridized carbons (Fsp3) is 0.545. The molecule has 1 atom stereocenters. The normalized spacial score (nSPS) is 21.8. The lowest BCUT2D eigenvalue weighted by Crippen LogP contribution is -2.48. The zero-order valence-corrected chi connectivity index (χ0v) is 19.0. The van der Waals surface area contributed by atoms with Crippen LogP contribution >= 0.6 is 24.8 Å². The molecule has 2 saturated heterocycles. The molecule has 3 aliphatic heterocycles. The number of carbonyl (C=O) groups excluding carboxylic acids is 1. The van der Waals surface area contributed by atoms with Gasteiger partial charge in [0.1, 0.15) is 11.4 Å². The second-order valence-electron chi connectivity index (χ2n) is 8.53. The summed E-state index contributed by atoms with van der Waals surface area (Å²) < 4.78 is 20.6. The van der Waals surface area contributed by atoms with Crippen molar-refractivity contribution < 1.29 is 13.9 Å². The topological polar surface area (TPSA) is 70.2 Å². The van der Waals surface area contributed by atoms with Crippen molar-refractivity contribution in [2.75, 3.05) is 32.8 Å². The maximum atomic E-state index is 14.5. The van der Waals surface area contributed by atoms with E-state index in [-0.39, 0.29) is 36.3 Å². The summed E-state index contributed by atoms with van der Waals surface area (Å²) in [5.74, 6) is -0.0944. The minimum atomic E-state index is -0.437. The van der Waals surface area contributed by atoms with Crippen molar-refractivity contribution in [2.45, 2.75) is 37.7 Å². The third-order valence-electron chi connectivity index (χ3n) is 6.73. The van der Waals surface area contributed by atoms with E-state index in [1.807, 2.05) is 12.3 Å². The number of amides is 1. The number of hydrogen-bond donors (Lipinski definition) is 2. The maximum Gasteiger partial charge on any atom is 0.256 e. The van der Waals surface area contributed by atoms with E-state index >= 15 is 0 Å². The van der Waals surface area contributed by atoms with E-state index in [4.69, 9.17) is 4.74 Å². The summed E-state index contributed by atoms with van der Waals surface area (Å²) in [5, 5.41) is 10.6. The van der Waals surface area contributed by atoms with Crippen molar-refractivity contribution in [3.63, 3.8) is 0 Å². The predicted octanol–water partition coefficient (Wildman–Crippen LogP) is 3.25. The number of aromatic amines is 1. The zero-order valence-electron chi connectivity index (χ0n) is 17.4. The molecular formula is C22H29Cl2FN4O2. The van der Waals surface area contributed by atoms with Gasteiger partial charge in [-0.15, -0.1) is 24.8 Å². The highest BCUT2D eigenvalue weighted by Crippen LogP contribution is 2.40. The summed E-state index contributed by atoms with van der Waals surface area (Å²) in [6.45, 7) is 3.80. The molecule has 1 aromatic carbocycles. The molecular weight excluding hydrogens is 442 g/mol. The second kappa shape index (κ2) is 9.86. The van der Waals surface area contributed by atoms with E-state index in [2.05, 4.69) is 15.5 Å². The summed E-state index contributed by atoms with van der Waals surface area (Å²) in [4.78, 5) is 14.9. The van der Waals surface area contributed by atoms with Gasteiger partial charge in [0, 0.05) is 13.1 Å². The van der Waals surface area contributed by atoms with E-state index in [0.29, 0.717) is 38.5 Å². The van der Waals surface area contributed by atoms with Gasteiger partial charge in [-0.2, -0.15) is 5.10 Å². The number of H-pyrrole nitrogens is 1. The largest absolute Gasteiger partial charge is 0.368 e. The fourth-order valence-corrected chi connectivity index (χ4v) is 5.04. The molecule has 9 heteroatoms. The number of piperidine rings is 1. The molecule has 1 amide bonds. The van der Waals surface area contributed by atoms with Gasteiger partial charge in [-0.25, -0.2) is 4.39 Å². The number of rotatable bonds is 3. The van der Waals surface area contributed by atoms with Gasteiger partial charge in [0.2, 0.25) is 0 Å². The van der Waals surface area contributed by atoms with Crippen molar-refractivity contribution in [3.8, 4) is 0 Å².